The summed E-state index contributed by atoms with van der Waals surface area (Å²) >= 11 is 0. The molecule has 2 aliphatic rings. The predicted molar refractivity (Wildman–Crippen MR) is 90.8 cm³/mol. The van der Waals surface area contributed by atoms with Crippen molar-refractivity contribution in [2.24, 2.45) is 0 Å². The number of cyclic esters (lactones) is 1. The Morgan fingerprint density at radius 3 is 2.67 bits per heavy atom. The monoisotopic (exact) mass is 324 g/mol. The summed E-state index contributed by atoms with van der Waals surface area (Å²) in [5, 5.41) is 8.78. The third-order valence-electron chi connectivity index (χ3n) is 5.04. The van der Waals surface area contributed by atoms with Crippen LogP contribution in [-0.2, 0) is 4.74 Å². The number of amides is 1. The molecule has 0 radical (unpaired) electrons. The van der Waals surface area contributed by atoms with Gasteiger partial charge >= 0.3 is 6.09 Å². The lowest BCUT2D eigenvalue weighted by atomic mass is 9.93. The van der Waals surface area contributed by atoms with Crippen LogP contribution >= 0.6 is 0 Å². The van der Waals surface area contributed by atoms with Crippen LogP contribution in [0.15, 0.2) is 42.5 Å². The molecular weight excluding hydrogens is 304 g/mol. The lowest BCUT2D eigenvalue weighted by Gasteiger charge is -2.44. The van der Waals surface area contributed by atoms with E-state index in [1.165, 1.54) is 0 Å². The average Bonchev–Trinajstić information content (AvgIpc) is 2.99. The summed E-state index contributed by atoms with van der Waals surface area (Å²) in [6, 6.07) is 14.0. The molecule has 1 aromatic carbocycles. The van der Waals surface area contributed by atoms with Crippen molar-refractivity contribution in [3.05, 3.63) is 42.5 Å². The van der Waals surface area contributed by atoms with Crippen LogP contribution in [0.4, 0.5) is 10.6 Å². The number of aromatic nitrogens is 2. The van der Waals surface area contributed by atoms with Crippen molar-refractivity contribution in [1.82, 2.24) is 15.1 Å². The van der Waals surface area contributed by atoms with E-state index in [0.29, 0.717) is 13.2 Å². The predicted octanol–water partition coefficient (Wildman–Crippen LogP) is 2.56. The lowest BCUT2D eigenvalue weighted by Crippen LogP contribution is -2.61. The summed E-state index contributed by atoms with van der Waals surface area (Å²) < 4.78 is 5.28. The maximum Gasteiger partial charge on any atom is 0.410 e. The second-order valence-corrected chi connectivity index (χ2v) is 6.35. The Morgan fingerprint density at radius 2 is 1.96 bits per heavy atom. The van der Waals surface area contributed by atoms with Crippen LogP contribution in [0.5, 0.6) is 0 Å². The molecule has 0 N–H and O–H groups in total. The van der Waals surface area contributed by atoms with E-state index in [1.807, 2.05) is 47.4 Å². The maximum absolute atomic E-state index is 11.9. The zero-order chi connectivity index (χ0) is 16.6. The van der Waals surface area contributed by atoms with E-state index in [-0.39, 0.29) is 11.6 Å². The van der Waals surface area contributed by atoms with E-state index in [0.717, 1.165) is 36.6 Å². The molecule has 124 valence electrons. The Balaban J connectivity index is 1.55. The van der Waals surface area contributed by atoms with Crippen molar-refractivity contribution in [3.63, 3.8) is 0 Å². The number of anilines is 1. The fraction of sp³-hybridized carbons (Fsp3) is 0.389. The minimum absolute atomic E-state index is 0.193. The van der Waals surface area contributed by atoms with Crippen LogP contribution in [0.1, 0.15) is 13.3 Å². The fourth-order valence-electron chi connectivity index (χ4n) is 3.52. The molecule has 1 atom stereocenters. The number of hydrogen-bond donors (Lipinski definition) is 0. The second kappa shape index (κ2) is 5.78. The van der Waals surface area contributed by atoms with Crippen LogP contribution in [0.3, 0.4) is 0 Å². The zero-order valence-corrected chi connectivity index (χ0v) is 13.7. The molecule has 2 saturated heterocycles. The standard InChI is InChI=1S/C18H20N4O2/c1-2-18-12-21(10-11-22(18)17(23)24-13-18)16-9-8-15(19-20-16)14-6-4-3-5-7-14/h3-9H,2,10-13H2,1H3. The number of carbonyl (C=O) groups is 1. The first-order chi connectivity index (χ1) is 11.7. The SMILES string of the molecule is CCC12COC(=O)N1CCN(c1ccc(-c3ccccc3)nn1)C2. The highest BCUT2D eigenvalue weighted by molar-refractivity contribution is 5.72. The molecule has 6 nitrogen and oxygen atoms in total. The minimum atomic E-state index is -0.241. The molecule has 0 aliphatic carbocycles. The molecule has 0 bridgehead atoms. The summed E-state index contributed by atoms with van der Waals surface area (Å²) in [6.07, 6.45) is 0.673. The third-order valence-corrected chi connectivity index (χ3v) is 5.04. The molecule has 2 fully saturated rings. The van der Waals surface area contributed by atoms with E-state index in [1.54, 1.807) is 0 Å². The van der Waals surface area contributed by atoms with E-state index in [9.17, 15) is 4.79 Å². The third kappa shape index (κ3) is 2.38. The summed E-state index contributed by atoms with van der Waals surface area (Å²) in [4.78, 5) is 15.9. The average molecular weight is 324 g/mol. The molecule has 0 spiro atoms. The number of fused-ring (bicyclic) bond motifs is 1. The molecule has 3 heterocycles. The molecule has 1 amide bonds. The van der Waals surface area contributed by atoms with Crippen molar-refractivity contribution in [3.8, 4) is 11.3 Å². The molecule has 0 saturated carbocycles. The number of rotatable bonds is 3. The van der Waals surface area contributed by atoms with E-state index in [2.05, 4.69) is 22.0 Å². The number of benzene rings is 1. The van der Waals surface area contributed by atoms with Gasteiger partial charge in [0.2, 0.25) is 0 Å². The number of nitrogens with zero attached hydrogens (tertiary/aromatic N) is 4. The maximum atomic E-state index is 11.9. The van der Waals surface area contributed by atoms with Gasteiger partial charge in [-0.25, -0.2) is 4.79 Å². The van der Waals surface area contributed by atoms with Crippen molar-refractivity contribution in [2.75, 3.05) is 31.1 Å². The van der Waals surface area contributed by atoms with Crippen molar-refractivity contribution in [2.45, 2.75) is 18.9 Å². The highest BCUT2D eigenvalue weighted by Gasteiger charge is 2.49. The van der Waals surface area contributed by atoms with Crippen molar-refractivity contribution < 1.29 is 9.53 Å². The van der Waals surface area contributed by atoms with Gasteiger partial charge in [-0.3, -0.25) is 4.90 Å². The van der Waals surface area contributed by atoms with Crippen LogP contribution in [-0.4, -0.2) is 53.0 Å². The van der Waals surface area contributed by atoms with E-state index < -0.39 is 0 Å². The zero-order valence-electron chi connectivity index (χ0n) is 13.7. The summed E-state index contributed by atoms with van der Waals surface area (Å²) in [5.74, 6) is 0.849. The van der Waals surface area contributed by atoms with Gasteiger partial charge in [0.15, 0.2) is 5.82 Å². The molecule has 6 heteroatoms. The molecule has 2 aromatic rings. The molecule has 4 rings (SSSR count). The van der Waals surface area contributed by atoms with Crippen LogP contribution in [0.2, 0.25) is 0 Å². The highest BCUT2D eigenvalue weighted by Crippen LogP contribution is 2.33. The Bertz CT molecular complexity index is 734. The highest BCUT2D eigenvalue weighted by atomic mass is 16.6. The van der Waals surface area contributed by atoms with Gasteiger partial charge in [0.05, 0.1) is 11.2 Å². The van der Waals surface area contributed by atoms with Crippen molar-refractivity contribution >= 4 is 11.9 Å². The Morgan fingerprint density at radius 1 is 1.12 bits per heavy atom. The number of ether oxygens (including phenoxy) is 1. The Hall–Kier alpha value is -2.63. The number of hydrogen-bond acceptors (Lipinski definition) is 5. The molecule has 1 aromatic heterocycles. The van der Waals surface area contributed by atoms with Crippen LogP contribution < -0.4 is 4.90 Å². The van der Waals surface area contributed by atoms with Gasteiger partial charge in [0, 0.05) is 25.2 Å². The summed E-state index contributed by atoms with van der Waals surface area (Å²) in [5.41, 5.74) is 1.68. The molecule has 2 aliphatic heterocycles. The van der Waals surface area contributed by atoms with Gasteiger partial charge in [-0.15, -0.1) is 10.2 Å². The Kier molecular flexibility index (Phi) is 3.59. The van der Waals surface area contributed by atoms with Crippen LogP contribution in [0.25, 0.3) is 11.3 Å². The number of piperazine rings is 1. The first-order valence-corrected chi connectivity index (χ1v) is 8.30. The van der Waals surface area contributed by atoms with Gasteiger partial charge in [-0.2, -0.15) is 0 Å². The van der Waals surface area contributed by atoms with Gasteiger partial charge in [-0.05, 0) is 18.6 Å². The van der Waals surface area contributed by atoms with E-state index in [4.69, 9.17) is 4.74 Å². The van der Waals surface area contributed by atoms with Gasteiger partial charge in [0.25, 0.3) is 0 Å². The lowest BCUT2D eigenvalue weighted by molar-refractivity contribution is 0.137. The normalized spacial score (nSPS) is 23.1. The number of carbonyl (C=O) groups excluding carboxylic acids is 1. The van der Waals surface area contributed by atoms with E-state index >= 15 is 0 Å². The van der Waals surface area contributed by atoms with Gasteiger partial charge < -0.3 is 9.64 Å². The minimum Gasteiger partial charge on any atom is -0.447 e. The summed E-state index contributed by atoms with van der Waals surface area (Å²) in [7, 11) is 0. The smallest absolute Gasteiger partial charge is 0.410 e. The quantitative estimate of drug-likeness (QED) is 0.868. The fourth-order valence-corrected chi connectivity index (χ4v) is 3.52. The second-order valence-electron chi connectivity index (χ2n) is 6.35. The molecule has 1 unspecified atom stereocenters. The van der Waals surface area contributed by atoms with Gasteiger partial charge in [-0.1, -0.05) is 37.3 Å². The Labute approximate surface area is 141 Å². The van der Waals surface area contributed by atoms with Crippen molar-refractivity contribution in [1.29, 1.82) is 0 Å². The topological polar surface area (TPSA) is 58.6 Å². The largest absolute Gasteiger partial charge is 0.447 e. The van der Waals surface area contributed by atoms with Gasteiger partial charge in [0.1, 0.15) is 6.61 Å². The molecular formula is C18H20N4O2. The summed E-state index contributed by atoms with van der Waals surface area (Å²) in [6.45, 7) is 4.69. The first kappa shape index (κ1) is 14.9. The first-order valence-electron chi connectivity index (χ1n) is 8.30. The van der Waals surface area contributed by atoms with Crippen LogP contribution in [0, 0.1) is 0 Å². The molecule has 24 heavy (non-hydrogen) atoms.